The van der Waals surface area contributed by atoms with Crippen molar-refractivity contribution in [3.8, 4) is 55.9 Å². The molecule has 0 spiro atoms. The van der Waals surface area contributed by atoms with Gasteiger partial charge in [0.15, 0.2) is 0 Å². The van der Waals surface area contributed by atoms with E-state index in [1.54, 1.807) is 0 Å². The molecule has 0 unspecified atom stereocenters. The molecule has 6 nitrogen and oxygen atoms in total. The average molecular weight is 1160 g/mol. The fourth-order valence-electron chi connectivity index (χ4n) is 14.7. The van der Waals surface area contributed by atoms with Crippen molar-refractivity contribution >= 4 is 131 Å². The highest BCUT2D eigenvalue weighted by molar-refractivity contribution is 6.15. The van der Waals surface area contributed by atoms with Gasteiger partial charge in [-0.25, -0.2) is 0 Å². The Morgan fingerprint density at radius 2 is 0.407 bits per heavy atom. The van der Waals surface area contributed by atoms with Crippen LogP contribution in [0, 0.1) is 0 Å². The molecule has 6 heterocycles. The summed E-state index contributed by atoms with van der Waals surface area (Å²) >= 11 is 0. The largest absolute Gasteiger partial charge is 0.456 e. The van der Waals surface area contributed by atoms with Crippen LogP contribution in [0.15, 0.2) is 309 Å². The Hall–Kier alpha value is -12.1. The third-order valence-electron chi connectivity index (χ3n) is 19.2. The maximum Gasteiger partial charge on any atom is 0.135 e. The maximum atomic E-state index is 6.45. The topological polar surface area (TPSA) is 62.4 Å². The lowest BCUT2D eigenvalue weighted by Crippen LogP contribution is -1.93. The highest BCUT2D eigenvalue weighted by Crippen LogP contribution is 2.43. The van der Waals surface area contributed by atoms with Crippen molar-refractivity contribution < 1.29 is 17.7 Å². The Labute approximate surface area is 519 Å². The Morgan fingerprint density at radius 1 is 0.187 bits per heavy atom. The molecule has 0 saturated heterocycles. The summed E-state index contributed by atoms with van der Waals surface area (Å²) in [6.45, 7) is 0. The summed E-state index contributed by atoms with van der Waals surface area (Å²) < 4.78 is 30.5. The van der Waals surface area contributed by atoms with E-state index in [9.17, 15) is 0 Å². The first-order valence-electron chi connectivity index (χ1n) is 31.0. The molecular weight excluding hydrogens is 1110 g/mol. The molecule has 20 rings (SSSR count). The predicted octanol–water partition coefficient (Wildman–Crippen LogP) is 23.7. The van der Waals surface area contributed by atoms with Crippen LogP contribution >= 0.6 is 0 Å². The molecule has 0 saturated carbocycles. The van der Waals surface area contributed by atoms with Gasteiger partial charge in [0, 0.05) is 76.0 Å². The van der Waals surface area contributed by atoms with Gasteiger partial charge in [-0.1, -0.05) is 158 Å². The summed E-state index contributed by atoms with van der Waals surface area (Å²) in [6.07, 6.45) is 0.828. The van der Waals surface area contributed by atoms with Gasteiger partial charge in [0.1, 0.15) is 44.7 Å². The van der Waals surface area contributed by atoms with E-state index in [-0.39, 0.29) is 0 Å². The third-order valence-corrected chi connectivity index (χ3v) is 19.2. The van der Waals surface area contributed by atoms with Gasteiger partial charge in [0.2, 0.25) is 0 Å². The summed E-state index contributed by atoms with van der Waals surface area (Å²) in [5.41, 5.74) is 25.5. The zero-order valence-electron chi connectivity index (χ0n) is 48.9. The zero-order valence-corrected chi connectivity index (χ0v) is 48.9. The molecule has 0 radical (unpaired) electrons. The zero-order chi connectivity index (χ0) is 59.4. The molecule has 0 aliphatic carbocycles. The number of para-hydroxylation sites is 4. The Kier molecular flexibility index (Phi) is 10.5. The first-order chi connectivity index (χ1) is 45.0. The van der Waals surface area contributed by atoms with Crippen molar-refractivity contribution in [3.63, 3.8) is 0 Å². The Morgan fingerprint density at radius 3 is 0.681 bits per heavy atom. The highest BCUT2D eigenvalue weighted by Gasteiger charge is 2.20. The van der Waals surface area contributed by atoms with Crippen molar-refractivity contribution in [2.45, 2.75) is 6.42 Å². The molecule has 14 aromatic carbocycles. The minimum atomic E-state index is 0.828. The van der Waals surface area contributed by atoms with E-state index in [1.165, 1.54) is 54.7 Å². The maximum absolute atomic E-state index is 6.45. The van der Waals surface area contributed by atoms with Crippen molar-refractivity contribution in [3.05, 3.63) is 302 Å². The van der Waals surface area contributed by atoms with Crippen molar-refractivity contribution in [1.29, 1.82) is 0 Å². The van der Waals surface area contributed by atoms with Crippen molar-refractivity contribution in [1.82, 2.24) is 9.13 Å². The molecule has 6 heteroatoms. The van der Waals surface area contributed by atoms with Gasteiger partial charge < -0.3 is 26.8 Å². The van der Waals surface area contributed by atoms with E-state index in [2.05, 4.69) is 300 Å². The number of aromatic nitrogens is 2. The van der Waals surface area contributed by atoms with Gasteiger partial charge in [-0.2, -0.15) is 0 Å². The number of fused-ring (bicyclic) bond motifs is 18. The lowest BCUT2D eigenvalue weighted by Gasteiger charge is -2.08. The number of benzene rings is 14. The van der Waals surface area contributed by atoms with Gasteiger partial charge in [-0.05, 0) is 196 Å². The molecule has 0 bridgehead atoms. The van der Waals surface area contributed by atoms with E-state index in [0.717, 1.165) is 150 Å². The van der Waals surface area contributed by atoms with Crippen molar-refractivity contribution in [2.75, 3.05) is 0 Å². The molecule has 0 atom stereocenters. The monoisotopic (exact) mass is 1160 g/mol. The highest BCUT2D eigenvalue weighted by atomic mass is 16.3. The fourth-order valence-corrected chi connectivity index (χ4v) is 14.7. The number of hydrogen-bond acceptors (Lipinski definition) is 4. The minimum Gasteiger partial charge on any atom is -0.456 e. The van der Waals surface area contributed by atoms with E-state index in [4.69, 9.17) is 17.7 Å². The van der Waals surface area contributed by atoms with E-state index in [0.29, 0.717) is 0 Å². The van der Waals surface area contributed by atoms with Crippen LogP contribution in [0.2, 0.25) is 0 Å². The third kappa shape index (κ3) is 7.79. The van der Waals surface area contributed by atoms with Gasteiger partial charge in [0.25, 0.3) is 0 Å². The fraction of sp³-hybridized carbons (Fsp3) is 0.0118. The average Bonchev–Trinajstić information content (AvgIpc) is 1.77. The quantitative estimate of drug-likeness (QED) is 0.152. The lowest BCUT2D eigenvalue weighted by molar-refractivity contribution is 0.668. The SMILES string of the molecule is c1ccc2c(c1)c1ccccc1n2-c1ccc2oc3ccc(-c4ccc5oc6ccc(-c7ccc(Cc8ccc(-c9ccc%10oc%11ccc(-c%12ccc%13oc%14ccc(-n%15c%16ccccc%16c%16ccccc%16%15)cc%14c%13c%12)cc%11c%10c9)cc8)cc7)cc6c5c4)cc3c2c1. The van der Waals surface area contributed by atoms with Gasteiger partial charge >= 0.3 is 0 Å². The van der Waals surface area contributed by atoms with Crippen LogP contribution in [0.3, 0.4) is 0 Å². The summed E-state index contributed by atoms with van der Waals surface area (Å²) in [4.78, 5) is 0. The van der Waals surface area contributed by atoms with Gasteiger partial charge in [-0.3, -0.25) is 0 Å². The Bertz CT molecular complexity index is 5920. The predicted molar refractivity (Wildman–Crippen MR) is 375 cm³/mol. The normalized spacial score (nSPS) is 12.2. The number of furan rings is 4. The van der Waals surface area contributed by atoms with Crippen LogP contribution in [0.4, 0.5) is 0 Å². The van der Waals surface area contributed by atoms with Crippen LogP contribution in [-0.2, 0) is 6.42 Å². The second-order valence-corrected chi connectivity index (χ2v) is 24.3. The van der Waals surface area contributed by atoms with E-state index >= 15 is 0 Å². The van der Waals surface area contributed by atoms with E-state index in [1.807, 2.05) is 0 Å². The van der Waals surface area contributed by atoms with Gasteiger partial charge in [0.05, 0.1) is 22.1 Å². The molecule has 0 amide bonds. The molecule has 6 aromatic heterocycles. The molecule has 91 heavy (non-hydrogen) atoms. The molecule has 0 aliphatic heterocycles. The summed E-state index contributed by atoms with van der Waals surface area (Å²) in [5, 5.41) is 13.7. The summed E-state index contributed by atoms with van der Waals surface area (Å²) in [5.74, 6) is 0. The van der Waals surface area contributed by atoms with Crippen LogP contribution in [0.5, 0.6) is 0 Å². The molecule has 424 valence electrons. The van der Waals surface area contributed by atoms with Crippen LogP contribution in [-0.4, -0.2) is 9.13 Å². The van der Waals surface area contributed by atoms with Gasteiger partial charge in [-0.15, -0.1) is 0 Å². The first-order valence-corrected chi connectivity index (χ1v) is 31.0. The first kappa shape index (κ1) is 49.9. The Balaban J connectivity index is 0.556. The lowest BCUT2D eigenvalue weighted by atomic mass is 9.96. The second-order valence-electron chi connectivity index (χ2n) is 24.3. The van der Waals surface area contributed by atoms with Crippen LogP contribution < -0.4 is 0 Å². The summed E-state index contributed by atoms with van der Waals surface area (Å²) in [7, 11) is 0. The number of rotatable bonds is 8. The standard InChI is InChI=1S/C85H50N2O4/c1-5-13-74-62(9-1)63-10-2-6-14-75(63)86(74)60-31-39-84-72(48-60)70-46-58(29-37-82(70)90-84)56-27-35-80-68(44-56)66-42-54(25-33-78(66)88-80)52-21-17-50(18-22-52)41-51-19-23-53(24-20-51)55-26-34-79-67(43-55)69-45-57(28-36-81(69)89-79)59-30-38-83-71(47-59)73-49-61(32-40-85(73)91-83)87-76-15-7-3-11-64(76)65-12-4-8-16-77(65)87/h1-40,42-49H,41H2. The van der Waals surface area contributed by atoms with E-state index < -0.39 is 0 Å². The molecule has 20 aromatic rings. The van der Waals surface area contributed by atoms with Crippen molar-refractivity contribution in [2.24, 2.45) is 0 Å². The molecular formula is C85H50N2O4. The summed E-state index contributed by atoms with van der Waals surface area (Å²) in [6, 6.07) is 105. The second kappa shape index (κ2) is 19.2. The molecule has 0 aliphatic rings. The minimum absolute atomic E-state index is 0.828. The smallest absolute Gasteiger partial charge is 0.135 e. The van der Waals surface area contributed by atoms with Crippen LogP contribution in [0.25, 0.3) is 187 Å². The molecule has 0 N–H and O–H groups in total. The number of hydrogen-bond donors (Lipinski definition) is 0. The number of nitrogens with zero attached hydrogens (tertiary/aromatic N) is 2. The van der Waals surface area contributed by atoms with Crippen LogP contribution in [0.1, 0.15) is 11.1 Å². The molecule has 0 fully saturated rings.